The predicted molar refractivity (Wildman–Crippen MR) is 77.8 cm³/mol. The maximum absolute atomic E-state index is 6.05. The smallest absolute Gasteiger partial charge is 0.137 e. The van der Waals surface area contributed by atoms with Crippen molar-refractivity contribution in [2.45, 2.75) is 13.0 Å². The van der Waals surface area contributed by atoms with Gasteiger partial charge in [0, 0.05) is 11.2 Å². The van der Waals surface area contributed by atoms with E-state index >= 15 is 0 Å². The van der Waals surface area contributed by atoms with Gasteiger partial charge in [0.15, 0.2) is 0 Å². The van der Waals surface area contributed by atoms with Gasteiger partial charge in [0.1, 0.15) is 5.75 Å². The SMILES string of the molecule is CCOc1cncc(C(NC)c2cccc(Cl)c2)c1. The highest BCUT2D eigenvalue weighted by Crippen LogP contribution is 2.25. The highest BCUT2D eigenvalue weighted by Gasteiger charge is 2.13. The molecule has 0 spiro atoms. The van der Waals surface area contributed by atoms with Gasteiger partial charge in [0.25, 0.3) is 0 Å². The number of benzene rings is 1. The van der Waals surface area contributed by atoms with Crippen molar-refractivity contribution in [3.05, 3.63) is 58.9 Å². The van der Waals surface area contributed by atoms with Gasteiger partial charge in [0.2, 0.25) is 0 Å². The van der Waals surface area contributed by atoms with Crippen molar-refractivity contribution in [2.24, 2.45) is 0 Å². The van der Waals surface area contributed by atoms with E-state index in [1.807, 2.05) is 50.5 Å². The molecule has 0 bridgehead atoms. The first-order valence-corrected chi connectivity index (χ1v) is 6.63. The minimum atomic E-state index is 0.0478. The highest BCUT2D eigenvalue weighted by atomic mass is 35.5. The van der Waals surface area contributed by atoms with Crippen LogP contribution in [0.3, 0.4) is 0 Å². The molecule has 100 valence electrons. The first-order chi connectivity index (χ1) is 9.24. The van der Waals surface area contributed by atoms with E-state index in [9.17, 15) is 0 Å². The van der Waals surface area contributed by atoms with Crippen LogP contribution in [0.1, 0.15) is 24.1 Å². The summed E-state index contributed by atoms with van der Waals surface area (Å²) in [4.78, 5) is 4.22. The lowest BCUT2D eigenvalue weighted by Gasteiger charge is -2.17. The molecule has 0 saturated carbocycles. The zero-order valence-corrected chi connectivity index (χ0v) is 11.8. The summed E-state index contributed by atoms with van der Waals surface area (Å²) >= 11 is 6.05. The molecule has 0 aliphatic rings. The van der Waals surface area contributed by atoms with Gasteiger partial charge in [-0.3, -0.25) is 4.98 Å². The Morgan fingerprint density at radius 3 is 2.79 bits per heavy atom. The molecule has 19 heavy (non-hydrogen) atoms. The summed E-state index contributed by atoms with van der Waals surface area (Å²) in [5.74, 6) is 0.780. The normalized spacial score (nSPS) is 12.2. The van der Waals surface area contributed by atoms with Gasteiger partial charge in [0.05, 0.1) is 18.8 Å². The van der Waals surface area contributed by atoms with Crippen LogP contribution >= 0.6 is 11.6 Å². The van der Waals surface area contributed by atoms with Crippen LogP contribution in [0.5, 0.6) is 5.75 Å². The largest absolute Gasteiger partial charge is 0.492 e. The Bertz CT molecular complexity index is 545. The van der Waals surface area contributed by atoms with Crippen LogP contribution < -0.4 is 10.1 Å². The molecular weight excluding hydrogens is 260 g/mol. The van der Waals surface area contributed by atoms with E-state index in [1.165, 1.54) is 0 Å². The van der Waals surface area contributed by atoms with Crippen molar-refractivity contribution < 1.29 is 4.74 Å². The molecule has 4 heteroatoms. The average Bonchev–Trinajstić information content (AvgIpc) is 2.41. The van der Waals surface area contributed by atoms with Crippen LogP contribution in [0.15, 0.2) is 42.7 Å². The minimum absolute atomic E-state index is 0.0478. The molecule has 0 fully saturated rings. The van der Waals surface area contributed by atoms with Gasteiger partial charge in [-0.1, -0.05) is 23.7 Å². The molecule has 2 aromatic rings. The zero-order valence-electron chi connectivity index (χ0n) is 11.1. The molecule has 1 unspecified atom stereocenters. The molecule has 1 N–H and O–H groups in total. The Balaban J connectivity index is 2.33. The van der Waals surface area contributed by atoms with E-state index in [4.69, 9.17) is 16.3 Å². The number of rotatable bonds is 5. The molecule has 3 nitrogen and oxygen atoms in total. The second-order valence-electron chi connectivity index (χ2n) is 4.16. The van der Waals surface area contributed by atoms with Gasteiger partial charge < -0.3 is 10.1 Å². The standard InChI is InChI=1S/C15H17ClN2O/c1-3-19-14-8-12(9-18-10-14)15(17-2)11-5-4-6-13(16)7-11/h4-10,15,17H,3H2,1-2H3. The lowest BCUT2D eigenvalue weighted by Crippen LogP contribution is -2.17. The van der Waals surface area contributed by atoms with Crippen molar-refractivity contribution in [1.82, 2.24) is 10.3 Å². The lowest BCUT2D eigenvalue weighted by molar-refractivity contribution is 0.338. The number of pyridine rings is 1. The fourth-order valence-corrected chi connectivity index (χ4v) is 2.25. The summed E-state index contributed by atoms with van der Waals surface area (Å²) in [7, 11) is 1.92. The average molecular weight is 277 g/mol. The number of ether oxygens (including phenoxy) is 1. The summed E-state index contributed by atoms with van der Waals surface area (Å²) in [6.45, 7) is 2.59. The van der Waals surface area contributed by atoms with Crippen LogP contribution in [0.25, 0.3) is 0 Å². The topological polar surface area (TPSA) is 34.1 Å². The third-order valence-electron chi connectivity index (χ3n) is 2.85. The molecule has 2 rings (SSSR count). The van der Waals surface area contributed by atoms with E-state index < -0.39 is 0 Å². The van der Waals surface area contributed by atoms with E-state index in [2.05, 4.69) is 10.3 Å². The van der Waals surface area contributed by atoms with Gasteiger partial charge in [-0.15, -0.1) is 0 Å². The van der Waals surface area contributed by atoms with E-state index in [0.717, 1.165) is 21.9 Å². The molecule has 0 radical (unpaired) electrons. The van der Waals surface area contributed by atoms with Crippen LogP contribution in [-0.4, -0.2) is 18.6 Å². The van der Waals surface area contributed by atoms with Crippen LogP contribution in [0.4, 0.5) is 0 Å². The lowest BCUT2D eigenvalue weighted by atomic mass is 10.0. The van der Waals surface area contributed by atoms with Crippen LogP contribution in [-0.2, 0) is 0 Å². The minimum Gasteiger partial charge on any atom is -0.492 e. The van der Waals surface area contributed by atoms with Crippen LogP contribution in [0, 0.1) is 0 Å². The number of nitrogens with zero attached hydrogens (tertiary/aromatic N) is 1. The number of aromatic nitrogens is 1. The molecule has 1 heterocycles. The number of hydrogen-bond acceptors (Lipinski definition) is 3. The van der Waals surface area contributed by atoms with Gasteiger partial charge in [-0.2, -0.15) is 0 Å². The molecule has 0 amide bonds. The Hall–Kier alpha value is -1.58. The summed E-state index contributed by atoms with van der Waals surface area (Å²) in [6, 6.07) is 9.86. The molecule has 0 aliphatic carbocycles. The van der Waals surface area contributed by atoms with Crippen LogP contribution in [0.2, 0.25) is 5.02 Å². The summed E-state index contributed by atoms with van der Waals surface area (Å²) in [5.41, 5.74) is 2.15. The van der Waals surface area contributed by atoms with Gasteiger partial charge in [-0.25, -0.2) is 0 Å². The fourth-order valence-electron chi connectivity index (χ4n) is 2.05. The Morgan fingerprint density at radius 2 is 2.11 bits per heavy atom. The first kappa shape index (κ1) is 13.8. The summed E-state index contributed by atoms with van der Waals surface area (Å²) in [5, 5.41) is 4.01. The number of hydrogen-bond donors (Lipinski definition) is 1. The molecule has 0 saturated heterocycles. The fraction of sp³-hybridized carbons (Fsp3) is 0.267. The molecular formula is C15H17ClN2O. The van der Waals surface area contributed by atoms with Crippen molar-refractivity contribution in [3.8, 4) is 5.75 Å². The summed E-state index contributed by atoms with van der Waals surface area (Å²) in [6.07, 6.45) is 3.56. The quantitative estimate of drug-likeness (QED) is 0.908. The van der Waals surface area contributed by atoms with Gasteiger partial charge >= 0.3 is 0 Å². The van der Waals surface area contributed by atoms with Crippen molar-refractivity contribution >= 4 is 11.6 Å². The number of nitrogens with one attached hydrogen (secondary N) is 1. The second-order valence-corrected chi connectivity index (χ2v) is 4.60. The summed E-state index contributed by atoms with van der Waals surface area (Å²) < 4.78 is 5.48. The predicted octanol–water partition coefficient (Wildman–Crippen LogP) is 3.44. The van der Waals surface area contributed by atoms with Crippen molar-refractivity contribution in [1.29, 1.82) is 0 Å². The third-order valence-corrected chi connectivity index (χ3v) is 3.08. The second kappa shape index (κ2) is 6.55. The Kier molecular flexibility index (Phi) is 4.77. The first-order valence-electron chi connectivity index (χ1n) is 6.25. The number of halogens is 1. The Labute approximate surface area is 118 Å². The third kappa shape index (κ3) is 3.46. The monoisotopic (exact) mass is 276 g/mol. The van der Waals surface area contributed by atoms with Gasteiger partial charge in [-0.05, 0) is 43.3 Å². The van der Waals surface area contributed by atoms with E-state index in [1.54, 1.807) is 6.20 Å². The van der Waals surface area contributed by atoms with Crippen molar-refractivity contribution in [2.75, 3.05) is 13.7 Å². The zero-order chi connectivity index (χ0) is 13.7. The maximum Gasteiger partial charge on any atom is 0.137 e. The molecule has 1 aromatic carbocycles. The van der Waals surface area contributed by atoms with E-state index in [-0.39, 0.29) is 6.04 Å². The molecule has 0 aliphatic heterocycles. The highest BCUT2D eigenvalue weighted by molar-refractivity contribution is 6.30. The Morgan fingerprint density at radius 1 is 1.26 bits per heavy atom. The van der Waals surface area contributed by atoms with E-state index in [0.29, 0.717) is 6.61 Å². The maximum atomic E-state index is 6.05. The molecule has 1 atom stereocenters. The molecule has 1 aromatic heterocycles. The van der Waals surface area contributed by atoms with Crippen molar-refractivity contribution in [3.63, 3.8) is 0 Å².